The molecule has 0 atom stereocenters. The normalized spacial score (nSPS) is 11.4. The number of benzene rings is 1. The Morgan fingerprint density at radius 3 is 2.09 bits per heavy atom. The maximum atomic E-state index is 12.3. The summed E-state index contributed by atoms with van der Waals surface area (Å²) < 4.78 is 28.4. The van der Waals surface area contributed by atoms with Gasteiger partial charge < -0.3 is 11.5 Å². The lowest BCUT2D eigenvalue weighted by molar-refractivity contribution is 0.600. The van der Waals surface area contributed by atoms with Gasteiger partial charge in [-0.05, 0) is 24.3 Å². The highest BCUT2D eigenvalue weighted by Gasteiger charge is 2.20. The molecule has 1 aromatic heterocycles. The summed E-state index contributed by atoms with van der Waals surface area (Å²) in [6.45, 7) is 0. The van der Waals surface area contributed by atoms with Gasteiger partial charge in [0.15, 0.2) is 5.69 Å². The van der Waals surface area contributed by atoms with Crippen LogP contribution < -0.4 is 27.4 Å². The number of rotatable bonds is 3. The van der Waals surface area contributed by atoms with E-state index in [0.717, 1.165) is 9.13 Å². The summed E-state index contributed by atoms with van der Waals surface area (Å²) in [5, 5.41) is 0. The predicted octanol–water partition coefficient (Wildman–Crippen LogP) is -0.951. The van der Waals surface area contributed by atoms with Crippen LogP contribution in [0, 0.1) is 0 Å². The predicted molar refractivity (Wildman–Crippen MR) is 83.0 cm³/mol. The standard InChI is InChI=1S/C12H15N5O4S/c1-16-10(14)9(11(18)17(2)12(16)19)15-22(20,21)8-5-3-7(13)4-6-8/h3-6,15H,13-14H2,1-2H3. The third-order valence-corrected chi connectivity index (χ3v) is 4.50. The molecule has 0 bridgehead atoms. The number of nitrogens with two attached hydrogens (primary N) is 2. The molecule has 1 aromatic carbocycles. The molecule has 0 unspecified atom stereocenters. The number of hydrogen-bond donors (Lipinski definition) is 3. The number of nitrogens with one attached hydrogen (secondary N) is 1. The Kier molecular flexibility index (Phi) is 3.71. The fraction of sp³-hybridized carbons (Fsp3) is 0.167. The summed E-state index contributed by atoms with van der Waals surface area (Å²) in [6.07, 6.45) is 0. The molecule has 2 rings (SSSR count). The monoisotopic (exact) mass is 325 g/mol. The van der Waals surface area contributed by atoms with Crippen molar-refractivity contribution in [3.8, 4) is 0 Å². The quantitative estimate of drug-likeness (QED) is 0.621. The molecule has 0 spiro atoms. The van der Waals surface area contributed by atoms with E-state index in [0.29, 0.717) is 5.69 Å². The van der Waals surface area contributed by atoms with Gasteiger partial charge in [0.2, 0.25) is 0 Å². The van der Waals surface area contributed by atoms with Crippen LogP contribution in [0.25, 0.3) is 0 Å². The molecule has 0 saturated heterocycles. The van der Waals surface area contributed by atoms with Crippen molar-refractivity contribution in [2.45, 2.75) is 4.90 Å². The topological polar surface area (TPSA) is 142 Å². The van der Waals surface area contributed by atoms with E-state index in [-0.39, 0.29) is 16.4 Å². The van der Waals surface area contributed by atoms with Crippen LogP contribution in [0.2, 0.25) is 0 Å². The number of anilines is 3. The molecule has 5 N–H and O–H groups in total. The molecule has 0 aliphatic carbocycles. The van der Waals surface area contributed by atoms with Crippen molar-refractivity contribution in [3.05, 3.63) is 45.1 Å². The van der Waals surface area contributed by atoms with Gasteiger partial charge in [0.05, 0.1) is 4.90 Å². The van der Waals surface area contributed by atoms with Crippen LogP contribution in [0.5, 0.6) is 0 Å². The van der Waals surface area contributed by atoms with E-state index < -0.39 is 21.3 Å². The van der Waals surface area contributed by atoms with E-state index in [2.05, 4.69) is 4.72 Å². The van der Waals surface area contributed by atoms with Gasteiger partial charge in [0.25, 0.3) is 15.6 Å². The van der Waals surface area contributed by atoms with Crippen LogP contribution in [0.4, 0.5) is 17.2 Å². The fourth-order valence-electron chi connectivity index (χ4n) is 1.80. The third kappa shape index (κ3) is 2.55. The Balaban J connectivity index is 2.58. The first kappa shape index (κ1) is 15.6. The first-order valence-corrected chi connectivity index (χ1v) is 7.57. The number of sulfonamides is 1. The second-order valence-corrected chi connectivity index (χ2v) is 6.32. The van der Waals surface area contributed by atoms with Gasteiger partial charge in [-0.15, -0.1) is 0 Å². The molecular weight excluding hydrogens is 310 g/mol. The number of nitrogens with zero attached hydrogens (tertiary/aromatic N) is 2. The number of hydrogen-bond acceptors (Lipinski definition) is 6. The Bertz CT molecular complexity index is 941. The van der Waals surface area contributed by atoms with Gasteiger partial charge in [-0.25, -0.2) is 13.2 Å². The van der Waals surface area contributed by atoms with E-state index in [4.69, 9.17) is 11.5 Å². The van der Waals surface area contributed by atoms with Gasteiger partial charge >= 0.3 is 5.69 Å². The first-order chi connectivity index (χ1) is 10.1. The molecule has 0 radical (unpaired) electrons. The summed E-state index contributed by atoms with van der Waals surface area (Å²) in [5.41, 5.74) is 9.69. The van der Waals surface area contributed by atoms with Crippen molar-refractivity contribution in [2.24, 2.45) is 14.1 Å². The van der Waals surface area contributed by atoms with Crippen molar-refractivity contribution in [1.29, 1.82) is 0 Å². The minimum atomic E-state index is -4.04. The Morgan fingerprint density at radius 2 is 1.55 bits per heavy atom. The van der Waals surface area contributed by atoms with Gasteiger partial charge in [-0.2, -0.15) is 0 Å². The third-order valence-electron chi connectivity index (χ3n) is 3.14. The van der Waals surface area contributed by atoms with Crippen molar-refractivity contribution < 1.29 is 8.42 Å². The Labute approximate surface area is 125 Å². The average molecular weight is 325 g/mol. The van der Waals surface area contributed by atoms with Crippen molar-refractivity contribution >= 4 is 27.2 Å². The Morgan fingerprint density at radius 1 is 1.00 bits per heavy atom. The van der Waals surface area contributed by atoms with E-state index in [1.54, 1.807) is 0 Å². The van der Waals surface area contributed by atoms with Gasteiger partial charge in [-0.1, -0.05) is 0 Å². The molecule has 22 heavy (non-hydrogen) atoms. The summed E-state index contributed by atoms with van der Waals surface area (Å²) >= 11 is 0. The van der Waals surface area contributed by atoms with Crippen molar-refractivity contribution in [1.82, 2.24) is 9.13 Å². The molecule has 0 saturated carbocycles. The molecule has 0 amide bonds. The maximum absolute atomic E-state index is 12.3. The van der Waals surface area contributed by atoms with E-state index >= 15 is 0 Å². The summed E-state index contributed by atoms with van der Waals surface area (Å²) in [6, 6.07) is 5.41. The van der Waals surface area contributed by atoms with Crippen molar-refractivity contribution in [2.75, 3.05) is 16.2 Å². The zero-order valence-electron chi connectivity index (χ0n) is 11.9. The number of aromatic nitrogens is 2. The molecule has 9 nitrogen and oxygen atoms in total. The van der Waals surface area contributed by atoms with Crippen molar-refractivity contribution in [3.63, 3.8) is 0 Å². The van der Waals surface area contributed by atoms with Gasteiger partial charge in [0, 0.05) is 19.8 Å². The van der Waals surface area contributed by atoms with Gasteiger partial charge in [0.1, 0.15) is 5.82 Å². The lowest BCUT2D eigenvalue weighted by Crippen LogP contribution is -2.40. The highest BCUT2D eigenvalue weighted by molar-refractivity contribution is 7.92. The van der Waals surface area contributed by atoms with Crippen LogP contribution in [-0.4, -0.2) is 17.6 Å². The van der Waals surface area contributed by atoms with Crippen LogP contribution in [0.15, 0.2) is 38.8 Å². The minimum absolute atomic E-state index is 0.0861. The molecular formula is C12H15N5O4S. The van der Waals surface area contributed by atoms with E-state index in [9.17, 15) is 18.0 Å². The highest BCUT2D eigenvalue weighted by Crippen LogP contribution is 2.17. The first-order valence-electron chi connectivity index (χ1n) is 6.09. The molecule has 0 fully saturated rings. The molecule has 0 aliphatic heterocycles. The largest absolute Gasteiger partial charge is 0.399 e. The van der Waals surface area contributed by atoms with Crippen LogP contribution in [0.1, 0.15) is 0 Å². The molecule has 2 aromatic rings. The van der Waals surface area contributed by atoms with Gasteiger partial charge in [-0.3, -0.25) is 18.7 Å². The zero-order valence-corrected chi connectivity index (χ0v) is 12.7. The lowest BCUT2D eigenvalue weighted by Gasteiger charge is -2.13. The van der Waals surface area contributed by atoms with Crippen LogP contribution in [-0.2, 0) is 24.1 Å². The fourth-order valence-corrected chi connectivity index (χ4v) is 2.87. The van der Waals surface area contributed by atoms with E-state index in [1.165, 1.54) is 38.4 Å². The lowest BCUT2D eigenvalue weighted by atomic mass is 10.3. The second kappa shape index (κ2) is 5.22. The van der Waals surface area contributed by atoms with E-state index in [1.807, 2.05) is 0 Å². The van der Waals surface area contributed by atoms with Crippen LogP contribution in [0.3, 0.4) is 0 Å². The molecule has 0 aliphatic rings. The minimum Gasteiger partial charge on any atom is -0.399 e. The SMILES string of the molecule is Cn1c(N)c(NS(=O)(=O)c2ccc(N)cc2)c(=O)n(C)c1=O. The molecule has 118 valence electrons. The summed E-state index contributed by atoms with van der Waals surface area (Å²) in [7, 11) is -1.48. The highest BCUT2D eigenvalue weighted by atomic mass is 32.2. The average Bonchev–Trinajstić information content (AvgIpc) is 2.48. The molecule has 1 heterocycles. The maximum Gasteiger partial charge on any atom is 0.332 e. The Hall–Kier alpha value is -2.75. The smallest absolute Gasteiger partial charge is 0.332 e. The molecule has 10 heteroatoms. The summed E-state index contributed by atoms with van der Waals surface area (Å²) in [4.78, 5) is 23.7. The van der Waals surface area contributed by atoms with Crippen LogP contribution >= 0.6 is 0 Å². The summed E-state index contributed by atoms with van der Waals surface area (Å²) in [5.74, 6) is -0.271. The number of nitrogen functional groups attached to an aromatic ring is 2. The zero-order chi connectivity index (χ0) is 16.7. The second-order valence-electron chi connectivity index (χ2n) is 4.64.